The van der Waals surface area contributed by atoms with Gasteiger partial charge in [-0.1, -0.05) is 0 Å². The maximum absolute atomic E-state index is 11.8. The fourth-order valence-electron chi connectivity index (χ4n) is 2.02. The van der Waals surface area contributed by atoms with Crippen molar-refractivity contribution in [3.8, 4) is 0 Å². The molecule has 0 unspecified atom stereocenters. The summed E-state index contributed by atoms with van der Waals surface area (Å²) in [5, 5.41) is 15.1. The molecule has 3 amide bonds. The smallest absolute Gasteiger partial charge is 0.337 e. The largest absolute Gasteiger partial charge is 0.478 e. The highest BCUT2D eigenvalue weighted by Crippen LogP contribution is 2.23. The Hall–Kier alpha value is -2.97. The molecule has 1 aliphatic heterocycles. The predicted octanol–water partition coefficient (Wildman–Crippen LogP) is -0.126. The van der Waals surface area contributed by atoms with Gasteiger partial charge in [0.25, 0.3) is 0 Å². The molecule has 0 bridgehead atoms. The lowest BCUT2D eigenvalue weighted by Gasteiger charge is -2.26. The summed E-state index contributed by atoms with van der Waals surface area (Å²) in [6.07, 6.45) is 2.71. The number of amides is 3. The van der Waals surface area contributed by atoms with Gasteiger partial charge in [0.1, 0.15) is 6.33 Å². The van der Waals surface area contributed by atoms with Crippen molar-refractivity contribution in [3.63, 3.8) is 0 Å². The molecule has 0 atom stereocenters. The van der Waals surface area contributed by atoms with Gasteiger partial charge in [-0.15, -0.1) is 0 Å². The van der Waals surface area contributed by atoms with Gasteiger partial charge in [0.2, 0.25) is 5.91 Å². The van der Waals surface area contributed by atoms with Crippen LogP contribution in [0.4, 0.5) is 10.5 Å². The molecule has 9 heteroatoms. The van der Waals surface area contributed by atoms with E-state index in [2.05, 4.69) is 15.4 Å². The molecular formula is C11H9N5O4. The minimum Gasteiger partial charge on any atom is -0.478 e. The first kappa shape index (κ1) is 12.1. The highest BCUT2D eigenvalue weighted by molar-refractivity contribution is 6.07. The Bertz CT molecular complexity index is 737. The second-order valence-corrected chi connectivity index (χ2v) is 4.20. The topological polar surface area (TPSA) is 117 Å². The second kappa shape index (κ2) is 4.30. The van der Waals surface area contributed by atoms with E-state index in [1.807, 2.05) is 0 Å². The number of nitrogens with one attached hydrogen (secondary N) is 1. The van der Waals surface area contributed by atoms with E-state index < -0.39 is 12.0 Å². The average Bonchev–Trinajstić information content (AvgIpc) is 2.86. The molecule has 0 spiro atoms. The minimum atomic E-state index is -1.14. The van der Waals surface area contributed by atoms with E-state index in [-0.39, 0.29) is 24.4 Å². The maximum Gasteiger partial charge on any atom is 0.337 e. The standard InChI is InChI=1S/C11H9N5O4/c17-8-1-2-15(11(20)14-8)7-3-6(10(18)19)4-16-9(7)12-5-13-16/h3-5H,1-2H2,(H,18,19)(H,14,17,20). The van der Waals surface area contributed by atoms with Gasteiger partial charge in [0.15, 0.2) is 5.65 Å². The maximum atomic E-state index is 11.8. The van der Waals surface area contributed by atoms with Gasteiger partial charge < -0.3 is 5.11 Å². The van der Waals surface area contributed by atoms with Crippen LogP contribution in [0.2, 0.25) is 0 Å². The first-order valence-corrected chi connectivity index (χ1v) is 5.74. The molecule has 102 valence electrons. The third-order valence-corrected chi connectivity index (χ3v) is 2.95. The number of aromatic carboxylic acids is 1. The molecule has 3 heterocycles. The molecule has 1 aliphatic rings. The number of rotatable bonds is 2. The lowest BCUT2D eigenvalue weighted by molar-refractivity contribution is -0.120. The number of pyridine rings is 1. The first-order chi connectivity index (χ1) is 9.56. The zero-order valence-corrected chi connectivity index (χ0v) is 10.1. The van der Waals surface area contributed by atoms with Gasteiger partial charge in [0.05, 0.1) is 11.3 Å². The van der Waals surface area contributed by atoms with Crippen LogP contribution in [-0.4, -0.2) is 44.2 Å². The molecule has 0 saturated carbocycles. The summed E-state index contributed by atoms with van der Waals surface area (Å²) in [6, 6.07) is 0.732. The fraction of sp³-hybridized carbons (Fsp3) is 0.182. The van der Waals surface area contributed by atoms with Crippen molar-refractivity contribution >= 4 is 29.2 Å². The minimum absolute atomic E-state index is 0.0253. The van der Waals surface area contributed by atoms with Crippen molar-refractivity contribution < 1.29 is 19.5 Å². The van der Waals surface area contributed by atoms with E-state index in [0.29, 0.717) is 11.3 Å². The van der Waals surface area contributed by atoms with Crippen LogP contribution in [0.1, 0.15) is 16.8 Å². The predicted molar refractivity (Wildman–Crippen MR) is 65.4 cm³/mol. The number of carboxylic acids is 1. The van der Waals surface area contributed by atoms with Crippen molar-refractivity contribution in [2.45, 2.75) is 6.42 Å². The zero-order chi connectivity index (χ0) is 14.3. The Morgan fingerprint density at radius 3 is 2.90 bits per heavy atom. The number of fused-ring (bicyclic) bond motifs is 1. The molecular weight excluding hydrogens is 266 g/mol. The van der Waals surface area contributed by atoms with Crippen LogP contribution in [0.15, 0.2) is 18.6 Å². The molecule has 2 aromatic heterocycles. The molecule has 3 rings (SSSR count). The van der Waals surface area contributed by atoms with Gasteiger partial charge in [-0.3, -0.25) is 15.0 Å². The SMILES string of the molecule is O=C1CCN(c2cc(C(=O)O)cn3ncnc23)C(=O)N1. The van der Waals surface area contributed by atoms with E-state index in [0.717, 1.165) is 0 Å². The third-order valence-electron chi connectivity index (χ3n) is 2.95. The van der Waals surface area contributed by atoms with Crippen LogP contribution in [0.25, 0.3) is 5.65 Å². The molecule has 1 fully saturated rings. The molecule has 2 N–H and O–H groups in total. The molecule has 20 heavy (non-hydrogen) atoms. The van der Waals surface area contributed by atoms with Crippen molar-refractivity contribution in [1.29, 1.82) is 0 Å². The Morgan fingerprint density at radius 2 is 2.20 bits per heavy atom. The molecule has 1 saturated heterocycles. The quantitative estimate of drug-likeness (QED) is 0.788. The molecule has 0 radical (unpaired) electrons. The number of imide groups is 1. The van der Waals surface area contributed by atoms with Gasteiger partial charge in [-0.25, -0.2) is 19.1 Å². The van der Waals surface area contributed by atoms with Gasteiger partial charge in [-0.05, 0) is 6.07 Å². The lowest BCUT2D eigenvalue weighted by atomic mass is 10.2. The van der Waals surface area contributed by atoms with Crippen LogP contribution in [0, 0.1) is 0 Å². The highest BCUT2D eigenvalue weighted by Gasteiger charge is 2.27. The van der Waals surface area contributed by atoms with Crippen LogP contribution in [0.3, 0.4) is 0 Å². The lowest BCUT2D eigenvalue weighted by Crippen LogP contribution is -2.49. The number of aromatic nitrogens is 3. The van der Waals surface area contributed by atoms with Crippen LogP contribution in [-0.2, 0) is 4.79 Å². The summed E-state index contributed by atoms with van der Waals surface area (Å²) < 4.78 is 1.28. The Balaban J connectivity index is 2.14. The number of carboxylic acid groups (broad SMARTS) is 1. The second-order valence-electron chi connectivity index (χ2n) is 4.20. The average molecular weight is 275 g/mol. The van der Waals surface area contributed by atoms with E-state index in [4.69, 9.17) is 5.11 Å². The third kappa shape index (κ3) is 1.85. The van der Waals surface area contributed by atoms with Gasteiger partial charge in [0, 0.05) is 19.2 Å². The molecule has 0 aromatic carbocycles. The Kier molecular flexibility index (Phi) is 2.60. The van der Waals surface area contributed by atoms with Crippen LogP contribution >= 0.6 is 0 Å². The fourth-order valence-corrected chi connectivity index (χ4v) is 2.02. The number of anilines is 1. The number of hydrogen-bond acceptors (Lipinski definition) is 5. The van der Waals surface area contributed by atoms with Gasteiger partial charge in [-0.2, -0.15) is 5.10 Å². The monoisotopic (exact) mass is 275 g/mol. The Labute approximate surface area is 111 Å². The number of nitrogens with zero attached hydrogens (tertiary/aromatic N) is 4. The van der Waals surface area contributed by atoms with Crippen molar-refractivity contribution in [2.75, 3.05) is 11.4 Å². The van der Waals surface area contributed by atoms with E-state index >= 15 is 0 Å². The summed E-state index contributed by atoms with van der Waals surface area (Å²) in [5.74, 6) is -1.50. The molecule has 0 aliphatic carbocycles. The van der Waals surface area contributed by atoms with E-state index in [1.165, 1.54) is 28.0 Å². The number of carbonyl (C=O) groups excluding carboxylic acids is 2. The summed E-state index contributed by atoms with van der Waals surface area (Å²) in [5.41, 5.74) is 0.620. The van der Waals surface area contributed by atoms with E-state index in [9.17, 15) is 14.4 Å². The van der Waals surface area contributed by atoms with Crippen LogP contribution < -0.4 is 10.2 Å². The van der Waals surface area contributed by atoms with Gasteiger partial charge >= 0.3 is 12.0 Å². The van der Waals surface area contributed by atoms with Crippen molar-refractivity contribution in [2.24, 2.45) is 0 Å². The summed E-state index contributed by atoms with van der Waals surface area (Å²) in [4.78, 5) is 39.4. The summed E-state index contributed by atoms with van der Waals surface area (Å²) in [7, 11) is 0. The molecule has 9 nitrogen and oxygen atoms in total. The molecule has 2 aromatic rings. The number of hydrogen-bond donors (Lipinski definition) is 2. The zero-order valence-electron chi connectivity index (χ0n) is 10.1. The number of urea groups is 1. The Morgan fingerprint density at radius 1 is 1.40 bits per heavy atom. The van der Waals surface area contributed by atoms with E-state index in [1.54, 1.807) is 0 Å². The summed E-state index contributed by atoms with van der Waals surface area (Å²) >= 11 is 0. The number of carbonyl (C=O) groups is 3. The first-order valence-electron chi connectivity index (χ1n) is 5.74. The van der Waals surface area contributed by atoms with Crippen molar-refractivity contribution in [1.82, 2.24) is 19.9 Å². The van der Waals surface area contributed by atoms with Crippen molar-refractivity contribution in [3.05, 3.63) is 24.2 Å². The van der Waals surface area contributed by atoms with Crippen LogP contribution in [0.5, 0.6) is 0 Å². The normalized spacial score (nSPS) is 15.5. The highest BCUT2D eigenvalue weighted by atomic mass is 16.4. The summed E-state index contributed by atoms with van der Waals surface area (Å²) in [6.45, 7) is 0.163.